The minimum absolute atomic E-state index is 0.0487. The molecule has 162 valence electrons. The van der Waals surface area contributed by atoms with Crippen LogP contribution >= 0.6 is 12.2 Å². The minimum atomic E-state index is -0.314. The molecule has 0 radical (unpaired) electrons. The highest BCUT2D eigenvalue weighted by Crippen LogP contribution is 2.21. The number of anilines is 1. The van der Waals surface area contributed by atoms with Crippen LogP contribution in [0.15, 0.2) is 53.3 Å². The number of rotatable bonds is 6. The van der Waals surface area contributed by atoms with Crippen LogP contribution < -0.4 is 15.6 Å². The molecule has 1 aliphatic heterocycles. The van der Waals surface area contributed by atoms with Gasteiger partial charge >= 0.3 is 0 Å². The number of ether oxygens (including phenoxy) is 2. The number of pyridine rings is 1. The zero-order chi connectivity index (χ0) is 21.8. The summed E-state index contributed by atoms with van der Waals surface area (Å²) in [7, 11) is 1.61. The van der Waals surface area contributed by atoms with E-state index in [1.807, 2.05) is 29.2 Å². The minimum Gasteiger partial charge on any atom is -0.497 e. The van der Waals surface area contributed by atoms with Gasteiger partial charge in [0.15, 0.2) is 5.11 Å². The zero-order valence-electron chi connectivity index (χ0n) is 17.2. The molecule has 3 aromatic rings. The summed E-state index contributed by atoms with van der Waals surface area (Å²) in [5.41, 5.74) is 1.84. The Balaban J connectivity index is 1.60. The highest BCUT2D eigenvalue weighted by Gasteiger charge is 2.22. The van der Waals surface area contributed by atoms with E-state index in [2.05, 4.69) is 10.3 Å². The van der Waals surface area contributed by atoms with E-state index >= 15 is 0 Å². The molecule has 0 aliphatic carbocycles. The number of thiocarbonyl (C=S) groups is 1. The van der Waals surface area contributed by atoms with E-state index in [1.165, 1.54) is 12.1 Å². The third kappa shape index (κ3) is 5.21. The maximum absolute atomic E-state index is 13.2. The van der Waals surface area contributed by atoms with E-state index in [4.69, 9.17) is 21.7 Å². The molecule has 0 saturated carbocycles. The number of aromatic amines is 1. The Morgan fingerprint density at radius 3 is 2.81 bits per heavy atom. The third-order valence-corrected chi connectivity index (χ3v) is 5.68. The van der Waals surface area contributed by atoms with Gasteiger partial charge in [0.05, 0.1) is 19.8 Å². The van der Waals surface area contributed by atoms with E-state index in [9.17, 15) is 9.18 Å². The van der Waals surface area contributed by atoms with Crippen LogP contribution in [0.2, 0.25) is 0 Å². The maximum Gasteiger partial charge on any atom is 0.253 e. The molecule has 0 unspecified atom stereocenters. The first kappa shape index (κ1) is 21.3. The maximum atomic E-state index is 13.2. The van der Waals surface area contributed by atoms with E-state index < -0.39 is 0 Å². The SMILES string of the molecule is COc1ccc2[nH]c(=O)c(CN(C[C@H]3CCCO3)C(=S)Nc3ccc(F)cc3)cc2c1. The fourth-order valence-electron chi connectivity index (χ4n) is 3.67. The smallest absolute Gasteiger partial charge is 0.253 e. The Kier molecular flexibility index (Phi) is 6.48. The van der Waals surface area contributed by atoms with Crippen molar-refractivity contribution in [1.29, 1.82) is 0 Å². The summed E-state index contributed by atoms with van der Waals surface area (Å²) in [6, 6.07) is 13.4. The second-order valence-electron chi connectivity index (χ2n) is 7.53. The van der Waals surface area contributed by atoms with Crippen LogP contribution in [0.1, 0.15) is 18.4 Å². The molecule has 2 heterocycles. The van der Waals surface area contributed by atoms with Gasteiger partial charge < -0.3 is 24.7 Å². The molecule has 4 rings (SSSR count). The summed E-state index contributed by atoms with van der Waals surface area (Å²) < 4.78 is 24.3. The Morgan fingerprint density at radius 1 is 1.29 bits per heavy atom. The highest BCUT2D eigenvalue weighted by atomic mass is 32.1. The van der Waals surface area contributed by atoms with E-state index in [-0.39, 0.29) is 17.5 Å². The second kappa shape index (κ2) is 9.45. The Labute approximate surface area is 185 Å². The molecular formula is C23H24FN3O3S. The summed E-state index contributed by atoms with van der Waals surface area (Å²) in [5, 5.41) is 4.47. The quantitative estimate of drug-likeness (QED) is 0.563. The van der Waals surface area contributed by atoms with Gasteiger partial charge in [-0.05, 0) is 73.6 Å². The van der Waals surface area contributed by atoms with Crippen molar-refractivity contribution in [1.82, 2.24) is 9.88 Å². The molecule has 1 atom stereocenters. The monoisotopic (exact) mass is 441 g/mol. The van der Waals surface area contributed by atoms with Crippen LogP contribution in [0, 0.1) is 5.82 Å². The molecule has 2 N–H and O–H groups in total. The van der Waals surface area contributed by atoms with E-state index in [0.717, 1.165) is 36.1 Å². The van der Waals surface area contributed by atoms with Crippen molar-refractivity contribution < 1.29 is 13.9 Å². The van der Waals surface area contributed by atoms with Crippen molar-refractivity contribution in [3.05, 3.63) is 70.3 Å². The van der Waals surface area contributed by atoms with Gasteiger partial charge in [-0.3, -0.25) is 4.79 Å². The van der Waals surface area contributed by atoms with Gasteiger partial charge in [0.2, 0.25) is 0 Å². The van der Waals surface area contributed by atoms with Gasteiger partial charge in [0.25, 0.3) is 5.56 Å². The molecule has 1 fully saturated rings. The van der Waals surface area contributed by atoms with Crippen LogP contribution in [0.25, 0.3) is 10.9 Å². The summed E-state index contributed by atoms with van der Waals surface area (Å²) >= 11 is 5.64. The number of halogens is 1. The number of aromatic nitrogens is 1. The number of benzene rings is 2. The topological polar surface area (TPSA) is 66.6 Å². The average Bonchev–Trinajstić information content (AvgIpc) is 3.28. The average molecular weight is 442 g/mol. The molecule has 8 heteroatoms. The molecule has 0 amide bonds. The van der Waals surface area contributed by atoms with Gasteiger partial charge in [-0.25, -0.2) is 4.39 Å². The van der Waals surface area contributed by atoms with Crippen molar-refractivity contribution in [3.63, 3.8) is 0 Å². The van der Waals surface area contributed by atoms with Gasteiger partial charge in [0.1, 0.15) is 11.6 Å². The lowest BCUT2D eigenvalue weighted by Crippen LogP contribution is -2.40. The number of H-pyrrole nitrogens is 1. The molecule has 0 spiro atoms. The van der Waals surface area contributed by atoms with E-state index in [1.54, 1.807) is 19.2 Å². The highest BCUT2D eigenvalue weighted by molar-refractivity contribution is 7.80. The molecule has 0 bridgehead atoms. The Bertz CT molecular complexity index is 1130. The zero-order valence-corrected chi connectivity index (χ0v) is 18.0. The number of hydrogen-bond acceptors (Lipinski definition) is 4. The number of fused-ring (bicyclic) bond motifs is 1. The van der Waals surface area contributed by atoms with Crippen molar-refractivity contribution >= 4 is 33.9 Å². The Hall–Kier alpha value is -2.97. The number of methoxy groups -OCH3 is 1. The van der Waals surface area contributed by atoms with Crippen LogP contribution in [0.4, 0.5) is 10.1 Å². The summed E-state index contributed by atoms with van der Waals surface area (Å²) in [6.45, 7) is 1.60. The lowest BCUT2D eigenvalue weighted by Gasteiger charge is -2.28. The van der Waals surface area contributed by atoms with Crippen LogP contribution in [-0.4, -0.2) is 41.4 Å². The Morgan fingerprint density at radius 2 is 2.10 bits per heavy atom. The number of nitrogens with one attached hydrogen (secondary N) is 2. The molecule has 31 heavy (non-hydrogen) atoms. The first-order chi connectivity index (χ1) is 15.0. The molecule has 1 aliphatic rings. The molecule has 1 saturated heterocycles. The van der Waals surface area contributed by atoms with Crippen LogP contribution in [0.3, 0.4) is 0 Å². The van der Waals surface area contributed by atoms with Crippen molar-refractivity contribution in [3.8, 4) is 5.75 Å². The largest absolute Gasteiger partial charge is 0.497 e. The first-order valence-electron chi connectivity index (χ1n) is 10.1. The van der Waals surface area contributed by atoms with E-state index in [0.29, 0.717) is 29.5 Å². The van der Waals surface area contributed by atoms with Crippen LogP contribution in [0.5, 0.6) is 5.75 Å². The summed E-state index contributed by atoms with van der Waals surface area (Å²) in [4.78, 5) is 17.6. The molecule has 6 nitrogen and oxygen atoms in total. The number of nitrogens with zero attached hydrogens (tertiary/aromatic N) is 1. The van der Waals surface area contributed by atoms with Crippen molar-refractivity contribution in [2.24, 2.45) is 0 Å². The molecular weight excluding hydrogens is 417 g/mol. The standard InChI is InChI=1S/C23H24FN3O3S/c1-29-19-8-9-21-15(12-19)11-16(22(28)26-21)13-27(14-20-3-2-10-30-20)23(31)25-18-6-4-17(24)5-7-18/h4-9,11-12,20H,2-3,10,13-14H2,1H3,(H,25,31)(H,26,28)/t20-/m1/s1. The van der Waals surface area contributed by atoms with Gasteiger partial charge in [-0.1, -0.05) is 0 Å². The summed E-state index contributed by atoms with van der Waals surface area (Å²) in [5.74, 6) is 0.404. The molecule has 2 aromatic carbocycles. The molecule has 1 aromatic heterocycles. The van der Waals surface area contributed by atoms with Crippen molar-refractivity contribution in [2.45, 2.75) is 25.5 Å². The predicted molar refractivity (Wildman–Crippen MR) is 123 cm³/mol. The van der Waals surface area contributed by atoms with Gasteiger partial charge in [-0.15, -0.1) is 0 Å². The predicted octanol–water partition coefficient (Wildman–Crippen LogP) is 4.05. The fourth-order valence-corrected chi connectivity index (χ4v) is 3.93. The lowest BCUT2D eigenvalue weighted by molar-refractivity contribution is 0.0904. The fraction of sp³-hybridized carbons (Fsp3) is 0.304. The van der Waals surface area contributed by atoms with Crippen molar-refractivity contribution in [2.75, 3.05) is 25.6 Å². The second-order valence-corrected chi connectivity index (χ2v) is 7.92. The van der Waals surface area contributed by atoms with Gasteiger partial charge in [0, 0.05) is 35.3 Å². The lowest BCUT2D eigenvalue weighted by atomic mass is 10.1. The number of hydrogen-bond donors (Lipinski definition) is 2. The van der Waals surface area contributed by atoms with Crippen LogP contribution in [-0.2, 0) is 11.3 Å². The summed E-state index contributed by atoms with van der Waals surface area (Å²) in [6.07, 6.45) is 2.00. The normalized spacial score (nSPS) is 15.7. The third-order valence-electron chi connectivity index (χ3n) is 5.32. The first-order valence-corrected chi connectivity index (χ1v) is 10.6. The van der Waals surface area contributed by atoms with Gasteiger partial charge in [-0.2, -0.15) is 0 Å².